The highest BCUT2D eigenvalue weighted by atomic mass is 19.3. The molecular weight excluding hydrogens is 334 g/mol. The van der Waals surface area contributed by atoms with Gasteiger partial charge in [-0.2, -0.15) is 0 Å². The van der Waals surface area contributed by atoms with Gasteiger partial charge in [0.25, 0.3) is 5.92 Å². The van der Waals surface area contributed by atoms with Crippen molar-refractivity contribution in [2.75, 3.05) is 0 Å². The number of ether oxygens (including phenoxy) is 1. The van der Waals surface area contributed by atoms with Crippen LogP contribution in [0.25, 0.3) is 0 Å². The van der Waals surface area contributed by atoms with E-state index in [1.54, 1.807) is 0 Å². The Balaban J connectivity index is 1.46. The first-order valence-corrected chi connectivity index (χ1v) is 10.4. The van der Waals surface area contributed by atoms with Gasteiger partial charge in [-0.25, -0.2) is 8.78 Å². The number of hydrogen-bond donors (Lipinski definition) is 0. The van der Waals surface area contributed by atoms with Crippen molar-refractivity contribution in [2.24, 2.45) is 40.4 Å². The minimum atomic E-state index is -2.45. The minimum absolute atomic E-state index is 0.0348. The molecule has 0 aromatic heterocycles. The third-order valence-corrected chi connectivity index (χ3v) is 9.26. The molecule has 0 radical (unpaired) electrons. The number of carbonyl (C=O) groups is 1. The van der Waals surface area contributed by atoms with E-state index in [2.05, 4.69) is 19.9 Å². The predicted octanol–water partition coefficient (Wildman–Crippen LogP) is 5.37. The second-order valence-electron chi connectivity index (χ2n) is 10.2. The van der Waals surface area contributed by atoms with Crippen molar-refractivity contribution in [2.45, 2.75) is 77.7 Å². The van der Waals surface area contributed by atoms with Gasteiger partial charge in [0.15, 0.2) is 0 Å². The lowest BCUT2D eigenvalue weighted by atomic mass is 9.48. The monoisotopic (exact) mass is 364 g/mol. The highest BCUT2D eigenvalue weighted by molar-refractivity contribution is 5.66. The van der Waals surface area contributed by atoms with E-state index in [0.717, 1.165) is 44.1 Å². The second kappa shape index (κ2) is 5.11. The van der Waals surface area contributed by atoms with Crippen molar-refractivity contribution in [3.05, 3.63) is 11.6 Å². The Morgan fingerprint density at radius 3 is 2.54 bits per heavy atom. The Kier molecular flexibility index (Phi) is 3.38. The maximum atomic E-state index is 14.2. The van der Waals surface area contributed by atoms with Gasteiger partial charge in [0.05, 0.1) is 5.92 Å². The Labute approximate surface area is 154 Å². The van der Waals surface area contributed by atoms with Crippen LogP contribution in [0, 0.1) is 40.4 Å². The number of rotatable bonds is 1. The topological polar surface area (TPSA) is 26.3 Å². The van der Waals surface area contributed by atoms with Gasteiger partial charge in [0.1, 0.15) is 6.10 Å². The summed E-state index contributed by atoms with van der Waals surface area (Å²) < 4.78 is 34.1. The molecular formula is C22H30F2O2. The molecule has 26 heavy (non-hydrogen) atoms. The summed E-state index contributed by atoms with van der Waals surface area (Å²) in [5.74, 6) is -1.84. The normalized spacial score (nSPS) is 53.5. The van der Waals surface area contributed by atoms with Crippen LogP contribution < -0.4 is 0 Å². The summed E-state index contributed by atoms with van der Waals surface area (Å²) in [7, 11) is 0. The van der Waals surface area contributed by atoms with Crippen LogP contribution in [-0.4, -0.2) is 18.0 Å². The van der Waals surface area contributed by atoms with Crippen LogP contribution in [0.2, 0.25) is 0 Å². The van der Waals surface area contributed by atoms with Gasteiger partial charge in [-0.05, 0) is 68.1 Å². The third-order valence-electron chi connectivity index (χ3n) is 9.26. The summed E-state index contributed by atoms with van der Waals surface area (Å²) in [6.07, 6.45) is 9.02. The van der Waals surface area contributed by atoms with Crippen LogP contribution in [0.15, 0.2) is 11.6 Å². The largest absolute Gasteiger partial charge is 0.462 e. The molecule has 8 atom stereocenters. The molecule has 0 N–H and O–H groups in total. The molecule has 0 aromatic carbocycles. The molecule has 5 rings (SSSR count). The number of halogens is 2. The lowest BCUT2D eigenvalue weighted by molar-refractivity contribution is -0.156. The number of hydrogen-bond acceptors (Lipinski definition) is 2. The second-order valence-corrected chi connectivity index (χ2v) is 10.2. The van der Waals surface area contributed by atoms with Crippen molar-refractivity contribution in [3.8, 4) is 0 Å². The molecule has 144 valence electrons. The molecule has 0 aliphatic heterocycles. The van der Waals surface area contributed by atoms with Gasteiger partial charge in [0.2, 0.25) is 0 Å². The van der Waals surface area contributed by atoms with Gasteiger partial charge in [-0.1, -0.05) is 25.5 Å². The molecule has 0 spiro atoms. The predicted molar refractivity (Wildman–Crippen MR) is 94.6 cm³/mol. The summed E-state index contributed by atoms with van der Waals surface area (Å²) in [6.45, 7) is 6.09. The zero-order chi connectivity index (χ0) is 18.5. The summed E-state index contributed by atoms with van der Waals surface area (Å²) in [4.78, 5) is 11.5. The highest BCUT2D eigenvalue weighted by Crippen LogP contribution is 2.73. The first-order chi connectivity index (χ1) is 12.2. The molecule has 0 heterocycles. The van der Waals surface area contributed by atoms with Crippen LogP contribution >= 0.6 is 0 Å². The van der Waals surface area contributed by atoms with E-state index in [-0.39, 0.29) is 28.8 Å². The number of fused-ring (bicyclic) bond motifs is 7. The van der Waals surface area contributed by atoms with E-state index < -0.39 is 11.8 Å². The molecule has 4 heteroatoms. The first-order valence-electron chi connectivity index (χ1n) is 10.4. The summed E-state index contributed by atoms with van der Waals surface area (Å²) >= 11 is 0. The first kappa shape index (κ1) is 17.2. The summed E-state index contributed by atoms with van der Waals surface area (Å²) in [6, 6.07) is 0. The van der Waals surface area contributed by atoms with Crippen LogP contribution in [0.3, 0.4) is 0 Å². The highest BCUT2D eigenvalue weighted by Gasteiger charge is 2.74. The average Bonchev–Trinajstić information content (AvgIpc) is 2.96. The van der Waals surface area contributed by atoms with E-state index in [1.165, 1.54) is 6.92 Å². The van der Waals surface area contributed by atoms with Gasteiger partial charge < -0.3 is 4.74 Å². The maximum absolute atomic E-state index is 14.2. The Morgan fingerprint density at radius 2 is 1.81 bits per heavy atom. The Morgan fingerprint density at radius 1 is 1.08 bits per heavy atom. The van der Waals surface area contributed by atoms with E-state index in [1.807, 2.05) is 0 Å². The van der Waals surface area contributed by atoms with Crippen molar-refractivity contribution in [1.82, 2.24) is 0 Å². The van der Waals surface area contributed by atoms with Crippen molar-refractivity contribution in [1.29, 1.82) is 0 Å². The average molecular weight is 364 g/mol. The third kappa shape index (κ3) is 1.99. The fraction of sp³-hybridized carbons (Fsp3) is 0.864. The van der Waals surface area contributed by atoms with Crippen molar-refractivity contribution in [3.63, 3.8) is 0 Å². The van der Waals surface area contributed by atoms with E-state index in [9.17, 15) is 13.6 Å². The number of esters is 1. The molecule has 0 amide bonds. The fourth-order valence-electron chi connectivity index (χ4n) is 7.90. The van der Waals surface area contributed by atoms with Crippen LogP contribution in [0.5, 0.6) is 0 Å². The molecule has 5 aliphatic rings. The van der Waals surface area contributed by atoms with Crippen LogP contribution in [-0.2, 0) is 9.53 Å². The smallest absolute Gasteiger partial charge is 0.302 e. The van der Waals surface area contributed by atoms with Crippen LogP contribution in [0.1, 0.15) is 65.7 Å². The minimum Gasteiger partial charge on any atom is -0.462 e. The number of alkyl halides is 2. The van der Waals surface area contributed by atoms with Gasteiger partial charge in [-0.15, -0.1) is 0 Å². The summed E-state index contributed by atoms with van der Waals surface area (Å²) in [5.41, 5.74) is 1.12. The van der Waals surface area contributed by atoms with E-state index in [0.29, 0.717) is 24.2 Å². The molecule has 2 nitrogen and oxygen atoms in total. The van der Waals surface area contributed by atoms with E-state index in [4.69, 9.17) is 4.74 Å². The molecule has 4 saturated carbocycles. The van der Waals surface area contributed by atoms with Crippen molar-refractivity contribution < 1.29 is 18.3 Å². The molecule has 0 unspecified atom stereocenters. The molecule has 4 fully saturated rings. The quantitative estimate of drug-likeness (QED) is 0.462. The Bertz CT molecular complexity index is 686. The lowest BCUT2D eigenvalue weighted by Crippen LogP contribution is -2.51. The number of carbonyl (C=O) groups excluding carboxylic acids is 1. The zero-order valence-electron chi connectivity index (χ0n) is 16.1. The SMILES string of the molecule is CC(=O)O[C@@H]1CC[C@H]2[C@@H]3CC=C4[C@@H]5[C@H](CC[C@]4(C)[C@H]3CC[C@]12C)C5(F)F. The van der Waals surface area contributed by atoms with E-state index >= 15 is 0 Å². The van der Waals surface area contributed by atoms with Gasteiger partial charge in [-0.3, -0.25) is 4.79 Å². The standard InChI is InChI=1S/C22H30F2O2/c1-12(25)26-18-7-6-14-13-4-5-16-19-17(22(19,23)24)9-10-20(16,2)15(13)8-11-21(14,18)3/h5,13-15,17-19H,4,6-11H2,1-3H3/t13-,14-,15-,17-,18+,19+,20+,21-/m0/s1. The fourth-order valence-corrected chi connectivity index (χ4v) is 7.90. The summed E-state index contributed by atoms with van der Waals surface area (Å²) in [5, 5.41) is 0. The zero-order valence-corrected chi connectivity index (χ0v) is 16.1. The van der Waals surface area contributed by atoms with Crippen molar-refractivity contribution >= 4 is 5.97 Å². The van der Waals surface area contributed by atoms with Crippen LogP contribution in [0.4, 0.5) is 8.78 Å². The lowest BCUT2D eigenvalue weighted by Gasteiger charge is -2.57. The number of allylic oxidation sites excluding steroid dienone is 2. The molecule has 0 bridgehead atoms. The van der Waals surface area contributed by atoms with Gasteiger partial charge >= 0.3 is 5.97 Å². The molecule has 0 aromatic rings. The Hall–Kier alpha value is -0.930. The molecule has 0 saturated heterocycles. The molecule has 5 aliphatic carbocycles. The van der Waals surface area contributed by atoms with Gasteiger partial charge in [0, 0.05) is 18.3 Å². The maximum Gasteiger partial charge on any atom is 0.302 e.